The van der Waals surface area contributed by atoms with Crippen molar-refractivity contribution in [1.82, 2.24) is 29.3 Å². The van der Waals surface area contributed by atoms with Gasteiger partial charge in [0.1, 0.15) is 12.1 Å². The van der Waals surface area contributed by atoms with Crippen molar-refractivity contribution in [3.63, 3.8) is 0 Å². The predicted molar refractivity (Wildman–Crippen MR) is 192 cm³/mol. The third-order valence-electron chi connectivity index (χ3n) is 6.88. The standard InChI is InChI=1S/C27H34BrN9O6S.C4H4O4/c1-27(2,3)33-14-17(15-41-24-23(34-44-35-24)36-10-12-40-13-11-36)43-26(39)42-16-20(38)37(25-31-8-9-32-25)19-5-4-18-22(21(19)28)30-7-6-29-18;5-3(6)1-2-4(7)8/h4-7,17,33H,8-16H2,1-3H3,(H,31,32);1-2H,(H,5,6)(H,7,8)/b;2-1-/t17-;/m0./s1. The monoisotopic (exact) mass is 807 g/mol. The van der Waals surface area contributed by atoms with Crippen LogP contribution in [0.5, 0.6) is 5.88 Å². The van der Waals surface area contributed by atoms with Crippen molar-refractivity contribution < 1.29 is 48.3 Å². The smallest absolute Gasteiger partial charge is 0.478 e. The number of amides is 1. The summed E-state index contributed by atoms with van der Waals surface area (Å²) in [6, 6.07) is 3.48. The van der Waals surface area contributed by atoms with Crippen LogP contribution >= 0.6 is 27.7 Å². The summed E-state index contributed by atoms with van der Waals surface area (Å²) in [5.74, 6) is -1.73. The van der Waals surface area contributed by atoms with Gasteiger partial charge in [-0.1, -0.05) is 0 Å². The number of guanidine groups is 1. The largest absolute Gasteiger partial charge is 0.509 e. The van der Waals surface area contributed by atoms with Gasteiger partial charge in [0.05, 0.1) is 47.2 Å². The Labute approximate surface area is 310 Å². The summed E-state index contributed by atoms with van der Waals surface area (Å²) in [5.41, 5.74) is 1.44. The zero-order chi connectivity index (χ0) is 37.7. The fourth-order valence-electron chi connectivity index (χ4n) is 4.53. The van der Waals surface area contributed by atoms with Gasteiger partial charge in [-0.15, -0.1) is 4.37 Å². The quantitative estimate of drug-likeness (QED) is 0.151. The molecule has 1 saturated heterocycles. The van der Waals surface area contributed by atoms with Crippen LogP contribution in [-0.4, -0.2) is 130 Å². The van der Waals surface area contributed by atoms with Gasteiger partial charge in [-0.25, -0.2) is 19.3 Å². The molecule has 1 aromatic carbocycles. The van der Waals surface area contributed by atoms with Gasteiger partial charge in [0.15, 0.2) is 12.7 Å². The highest BCUT2D eigenvalue weighted by atomic mass is 79.9. The van der Waals surface area contributed by atoms with E-state index in [-0.39, 0.29) is 18.7 Å². The molecule has 2 aromatic heterocycles. The Kier molecular flexibility index (Phi) is 14.6. The molecule has 19 nitrogen and oxygen atoms in total. The third kappa shape index (κ3) is 12.1. The molecule has 1 fully saturated rings. The van der Waals surface area contributed by atoms with Crippen molar-refractivity contribution in [3.8, 4) is 5.88 Å². The maximum Gasteiger partial charge on any atom is 0.509 e. The molecule has 0 bridgehead atoms. The first kappa shape index (κ1) is 39.8. The van der Waals surface area contributed by atoms with E-state index in [9.17, 15) is 19.2 Å². The molecular formula is C31H38BrN9O10S. The average Bonchev–Trinajstić information content (AvgIpc) is 3.82. The van der Waals surface area contributed by atoms with Crippen LogP contribution in [0, 0.1) is 0 Å². The number of aliphatic imine (C=N–C) groups is 1. The first-order chi connectivity index (χ1) is 24.8. The van der Waals surface area contributed by atoms with E-state index in [0.29, 0.717) is 90.4 Å². The van der Waals surface area contributed by atoms with Crippen LogP contribution in [0.2, 0.25) is 0 Å². The van der Waals surface area contributed by atoms with Crippen LogP contribution in [0.4, 0.5) is 16.3 Å². The summed E-state index contributed by atoms with van der Waals surface area (Å²) in [4.78, 5) is 61.9. The second-order valence-corrected chi connectivity index (χ2v) is 13.2. The van der Waals surface area contributed by atoms with Crippen LogP contribution in [0.25, 0.3) is 11.0 Å². The molecule has 1 atom stereocenters. The lowest BCUT2D eigenvalue weighted by Crippen LogP contribution is -2.46. The number of carbonyl (C=O) groups is 4. The molecule has 3 aromatic rings. The first-order valence-corrected chi connectivity index (χ1v) is 17.4. The number of aromatic nitrogens is 4. The lowest BCUT2D eigenvalue weighted by Gasteiger charge is -2.27. The summed E-state index contributed by atoms with van der Waals surface area (Å²) >= 11 is 4.60. The minimum absolute atomic E-state index is 0.00714. The number of ether oxygens (including phenoxy) is 4. The minimum Gasteiger partial charge on any atom is -0.478 e. The Balaban J connectivity index is 0.000000677. The van der Waals surface area contributed by atoms with Gasteiger partial charge in [-0.2, -0.15) is 4.37 Å². The van der Waals surface area contributed by atoms with Gasteiger partial charge in [-0.05, 0) is 48.8 Å². The topological polar surface area (TPSA) is 240 Å². The van der Waals surface area contributed by atoms with E-state index in [1.165, 1.54) is 4.90 Å². The fourth-order valence-corrected chi connectivity index (χ4v) is 5.66. The second-order valence-electron chi connectivity index (χ2n) is 11.9. The van der Waals surface area contributed by atoms with Crippen molar-refractivity contribution >= 4 is 80.2 Å². The van der Waals surface area contributed by atoms with E-state index in [1.807, 2.05) is 25.7 Å². The number of morpholine rings is 1. The number of fused-ring (bicyclic) bond motifs is 1. The molecule has 280 valence electrons. The molecule has 0 spiro atoms. The van der Waals surface area contributed by atoms with Gasteiger partial charge < -0.3 is 44.7 Å². The number of hydrogen-bond donors (Lipinski definition) is 4. The number of carbonyl (C=O) groups excluding carboxylic acids is 2. The molecule has 21 heteroatoms. The molecule has 0 radical (unpaired) electrons. The van der Waals surface area contributed by atoms with Crippen LogP contribution in [-0.2, 0) is 28.6 Å². The average molecular weight is 809 g/mol. The molecule has 1 amide bonds. The summed E-state index contributed by atoms with van der Waals surface area (Å²) in [6.45, 7) is 9.25. The number of nitrogens with zero attached hydrogens (tertiary/aromatic N) is 7. The van der Waals surface area contributed by atoms with Crippen molar-refractivity contribution in [1.29, 1.82) is 0 Å². The highest BCUT2D eigenvalue weighted by molar-refractivity contribution is 9.10. The highest BCUT2D eigenvalue weighted by Gasteiger charge is 2.29. The van der Waals surface area contributed by atoms with Gasteiger partial charge in [-0.3, -0.25) is 19.8 Å². The van der Waals surface area contributed by atoms with E-state index in [4.69, 9.17) is 29.2 Å². The molecule has 4 N–H and O–H groups in total. The number of anilines is 2. The van der Waals surface area contributed by atoms with Gasteiger partial charge in [0.2, 0.25) is 11.8 Å². The molecule has 0 saturated carbocycles. The van der Waals surface area contributed by atoms with E-state index in [2.05, 4.69) is 50.3 Å². The Bertz CT molecular complexity index is 1760. The van der Waals surface area contributed by atoms with E-state index < -0.39 is 36.7 Å². The number of rotatable bonds is 12. The molecule has 52 heavy (non-hydrogen) atoms. The summed E-state index contributed by atoms with van der Waals surface area (Å²) in [6.07, 6.45) is 2.51. The third-order valence-corrected chi connectivity index (χ3v) is 8.16. The van der Waals surface area contributed by atoms with Gasteiger partial charge >= 0.3 is 18.1 Å². The Morgan fingerprint density at radius 1 is 1.12 bits per heavy atom. The molecule has 5 rings (SSSR count). The number of aliphatic carboxylic acids is 2. The van der Waals surface area contributed by atoms with Gasteiger partial charge in [0, 0.05) is 56.3 Å². The molecule has 0 unspecified atom stereocenters. The minimum atomic E-state index is -1.26. The SMILES string of the molecule is CC(C)(C)NC[C@@H](COc1nsnc1N1CCOCC1)OC(=O)OCC(=O)N(C1=NCCN1)c1ccc2nccnc2c1Br.O=C(O)/C=C\C(=O)O. The summed E-state index contributed by atoms with van der Waals surface area (Å²) in [7, 11) is 0. The highest BCUT2D eigenvalue weighted by Crippen LogP contribution is 2.32. The van der Waals surface area contributed by atoms with E-state index >= 15 is 0 Å². The number of carboxylic acids is 2. The van der Waals surface area contributed by atoms with Crippen molar-refractivity contribution in [3.05, 3.63) is 41.2 Å². The van der Waals surface area contributed by atoms with E-state index in [0.717, 1.165) is 11.7 Å². The Morgan fingerprint density at radius 2 is 1.83 bits per heavy atom. The molecule has 0 aliphatic carbocycles. The van der Waals surface area contributed by atoms with Crippen LogP contribution in [0.15, 0.2) is 46.1 Å². The van der Waals surface area contributed by atoms with Crippen LogP contribution < -0.4 is 25.2 Å². The molecule has 4 heterocycles. The van der Waals surface area contributed by atoms with Crippen molar-refractivity contribution in [2.24, 2.45) is 4.99 Å². The molecule has 2 aliphatic rings. The molecule has 2 aliphatic heterocycles. The second kappa shape index (κ2) is 19.0. The maximum atomic E-state index is 13.5. The zero-order valence-corrected chi connectivity index (χ0v) is 30.9. The van der Waals surface area contributed by atoms with Crippen molar-refractivity contribution in [2.75, 3.05) is 69.0 Å². The predicted octanol–water partition coefficient (Wildman–Crippen LogP) is 2.07. The first-order valence-electron chi connectivity index (χ1n) is 15.8. The number of hydrogen-bond acceptors (Lipinski definition) is 17. The number of carboxylic acid groups (broad SMARTS) is 2. The Morgan fingerprint density at radius 3 is 2.48 bits per heavy atom. The number of halogens is 1. The lowest BCUT2D eigenvalue weighted by atomic mass is 10.1. The fraction of sp³-hybridized carbons (Fsp3) is 0.452. The zero-order valence-electron chi connectivity index (χ0n) is 28.5. The van der Waals surface area contributed by atoms with Crippen molar-refractivity contribution in [2.45, 2.75) is 32.4 Å². The summed E-state index contributed by atoms with van der Waals surface area (Å²) < 4.78 is 31.5. The van der Waals surface area contributed by atoms with E-state index in [1.54, 1.807) is 24.5 Å². The van der Waals surface area contributed by atoms with Crippen LogP contribution in [0.1, 0.15) is 20.8 Å². The molecular weight excluding hydrogens is 770 g/mol. The maximum absolute atomic E-state index is 13.5. The van der Waals surface area contributed by atoms with Crippen LogP contribution in [0.3, 0.4) is 0 Å². The Hall–Kier alpha value is -4.99. The lowest BCUT2D eigenvalue weighted by molar-refractivity contribution is -0.134. The summed E-state index contributed by atoms with van der Waals surface area (Å²) in [5, 5.41) is 22.0. The number of nitrogens with one attached hydrogen (secondary N) is 2. The van der Waals surface area contributed by atoms with Gasteiger partial charge in [0.25, 0.3) is 11.8 Å². The number of benzene rings is 1. The normalized spacial score (nSPS) is 14.8.